The molecule has 3 nitrogen and oxygen atoms in total. The predicted octanol–water partition coefficient (Wildman–Crippen LogP) is 1.24. The molecule has 1 aliphatic heterocycles. The number of aliphatic hydroxyl groups is 1. The zero-order valence-electron chi connectivity index (χ0n) is 7.46. The second-order valence-corrected chi connectivity index (χ2v) is 3.36. The van der Waals surface area contributed by atoms with Crippen LogP contribution in [0.4, 0.5) is 10.1 Å². The number of rotatable bonds is 1. The molecule has 2 N–H and O–H groups in total. The Kier molecular flexibility index (Phi) is 2.21. The zero-order valence-corrected chi connectivity index (χ0v) is 7.46. The summed E-state index contributed by atoms with van der Waals surface area (Å²) in [4.78, 5) is 11.2. The SMILES string of the molecule is O=C1CC(CO)c2ccc(F)cc2N1. The van der Waals surface area contributed by atoms with Gasteiger partial charge < -0.3 is 10.4 Å². The van der Waals surface area contributed by atoms with E-state index in [0.29, 0.717) is 5.69 Å². The number of benzene rings is 1. The van der Waals surface area contributed by atoms with Crippen LogP contribution in [0, 0.1) is 5.82 Å². The van der Waals surface area contributed by atoms with Crippen LogP contribution in [0.2, 0.25) is 0 Å². The minimum atomic E-state index is -0.386. The van der Waals surface area contributed by atoms with Crippen molar-refractivity contribution in [1.82, 2.24) is 0 Å². The van der Waals surface area contributed by atoms with Crippen LogP contribution in [0.1, 0.15) is 17.9 Å². The first kappa shape index (κ1) is 9.15. The first-order valence-electron chi connectivity index (χ1n) is 4.41. The van der Waals surface area contributed by atoms with Crippen LogP contribution >= 0.6 is 0 Å². The third-order valence-corrected chi connectivity index (χ3v) is 2.38. The van der Waals surface area contributed by atoms with Gasteiger partial charge in [-0.15, -0.1) is 0 Å². The minimum absolute atomic E-state index is 0.0912. The van der Waals surface area contributed by atoms with Gasteiger partial charge in [0, 0.05) is 18.0 Å². The molecule has 0 aliphatic carbocycles. The summed E-state index contributed by atoms with van der Waals surface area (Å²) >= 11 is 0. The molecule has 0 spiro atoms. The molecule has 1 heterocycles. The molecule has 0 bridgehead atoms. The molecule has 0 aromatic heterocycles. The monoisotopic (exact) mass is 195 g/mol. The van der Waals surface area contributed by atoms with Crippen LogP contribution in [0.25, 0.3) is 0 Å². The molecule has 1 unspecified atom stereocenters. The van der Waals surface area contributed by atoms with Gasteiger partial charge in [0.2, 0.25) is 5.91 Å². The first-order chi connectivity index (χ1) is 6.70. The van der Waals surface area contributed by atoms with Gasteiger partial charge in [-0.2, -0.15) is 0 Å². The number of aliphatic hydroxyl groups excluding tert-OH is 1. The normalized spacial score (nSPS) is 20.1. The number of hydrogen-bond donors (Lipinski definition) is 2. The molecule has 14 heavy (non-hydrogen) atoms. The molecule has 2 rings (SSSR count). The standard InChI is InChI=1S/C10H10FNO2/c11-7-1-2-8-6(5-13)3-10(14)12-9(8)4-7/h1-2,4,6,13H,3,5H2,(H,12,14). The zero-order chi connectivity index (χ0) is 10.1. The van der Waals surface area contributed by atoms with Crippen molar-refractivity contribution in [3.63, 3.8) is 0 Å². The first-order valence-corrected chi connectivity index (χ1v) is 4.41. The minimum Gasteiger partial charge on any atom is -0.396 e. The van der Waals surface area contributed by atoms with E-state index in [9.17, 15) is 9.18 Å². The Bertz CT molecular complexity index is 378. The number of carbonyl (C=O) groups is 1. The van der Waals surface area contributed by atoms with E-state index in [4.69, 9.17) is 5.11 Å². The average molecular weight is 195 g/mol. The summed E-state index contributed by atoms with van der Waals surface area (Å²) in [7, 11) is 0. The van der Waals surface area contributed by atoms with E-state index in [1.807, 2.05) is 0 Å². The van der Waals surface area contributed by atoms with E-state index in [1.165, 1.54) is 12.1 Å². The van der Waals surface area contributed by atoms with Gasteiger partial charge in [0.15, 0.2) is 0 Å². The quantitative estimate of drug-likeness (QED) is 0.708. The second kappa shape index (κ2) is 3.38. The van der Waals surface area contributed by atoms with E-state index in [1.54, 1.807) is 6.07 Å². The fourth-order valence-corrected chi connectivity index (χ4v) is 1.69. The van der Waals surface area contributed by atoms with Gasteiger partial charge in [0.05, 0.1) is 6.61 Å². The third-order valence-electron chi connectivity index (χ3n) is 2.38. The van der Waals surface area contributed by atoms with Crippen molar-refractivity contribution in [1.29, 1.82) is 0 Å². The Morgan fingerprint density at radius 1 is 1.57 bits per heavy atom. The molecule has 0 fully saturated rings. The van der Waals surface area contributed by atoms with Crippen molar-refractivity contribution < 1.29 is 14.3 Å². The number of amides is 1. The highest BCUT2D eigenvalue weighted by Gasteiger charge is 2.24. The maximum absolute atomic E-state index is 12.8. The lowest BCUT2D eigenvalue weighted by Crippen LogP contribution is -2.24. The Balaban J connectivity index is 2.45. The maximum Gasteiger partial charge on any atom is 0.225 e. The van der Waals surface area contributed by atoms with Gasteiger partial charge in [-0.3, -0.25) is 4.79 Å². The number of halogens is 1. The van der Waals surface area contributed by atoms with E-state index in [2.05, 4.69) is 5.32 Å². The third kappa shape index (κ3) is 1.48. The van der Waals surface area contributed by atoms with Gasteiger partial charge in [-0.05, 0) is 17.7 Å². The van der Waals surface area contributed by atoms with Gasteiger partial charge in [-0.1, -0.05) is 6.07 Å². The molecule has 1 aromatic carbocycles. The Hall–Kier alpha value is -1.42. The number of hydrogen-bond acceptors (Lipinski definition) is 2. The summed E-state index contributed by atoms with van der Waals surface area (Å²) in [5, 5.41) is 11.6. The summed E-state index contributed by atoms with van der Waals surface area (Å²) in [6.07, 6.45) is 0.259. The van der Waals surface area contributed by atoms with Crippen molar-refractivity contribution >= 4 is 11.6 Å². The molecular formula is C10H10FNO2. The van der Waals surface area contributed by atoms with Gasteiger partial charge >= 0.3 is 0 Å². The molecule has 74 valence electrons. The molecule has 0 saturated carbocycles. The van der Waals surface area contributed by atoms with Crippen molar-refractivity contribution in [3.05, 3.63) is 29.6 Å². The average Bonchev–Trinajstić information content (AvgIpc) is 2.15. The summed E-state index contributed by atoms with van der Waals surface area (Å²) in [6.45, 7) is -0.0912. The molecule has 1 amide bonds. The molecule has 1 atom stereocenters. The fraction of sp³-hybridized carbons (Fsp3) is 0.300. The van der Waals surface area contributed by atoms with E-state index in [0.717, 1.165) is 5.56 Å². The van der Waals surface area contributed by atoms with E-state index >= 15 is 0 Å². The predicted molar refractivity (Wildman–Crippen MR) is 49.5 cm³/mol. The smallest absolute Gasteiger partial charge is 0.225 e. The van der Waals surface area contributed by atoms with E-state index < -0.39 is 0 Å². The van der Waals surface area contributed by atoms with Crippen LogP contribution in [0.15, 0.2) is 18.2 Å². The highest BCUT2D eigenvalue weighted by molar-refractivity contribution is 5.94. The fourth-order valence-electron chi connectivity index (χ4n) is 1.69. The van der Waals surface area contributed by atoms with Crippen molar-refractivity contribution in [2.45, 2.75) is 12.3 Å². The van der Waals surface area contributed by atoms with Crippen LogP contribution in [-0.2, 0) is 4.79 Å². The van der Waals surface area contributed by atoms with Gasteiger partial charge in [0.25, 0.3) is 0 Å². The number of carbonyl (C=O) groups excluding carboxylic acids is 1. The van der Waals surface area contributed by atoms with Crippen molar-refractivity contribution in [2.75, 3.05) is 11.9 Å². The summed E-state index contributed by atoms with van der Waals surface area (Å²) in [6, 6.07) is 4.21. The van der Waals surface area contributed by atoms with Crippen LogP contribution in [0.3, 0.4) is 0 Å². The van der Waals surface area contributed by atoms with Crippen molar-refractivity contribution in [2.24, 2.45) is 0 Å². The summed E-state index contributed by atoms with van der Waals surface area (Å²) in [5.74, 6) is -0.774. The molecular weight excluding hydrogens is 185 g/mol. The topological polar surface area (TPSA) is 49.3 Å². The number of nitrogens with one attached hydrogen (secondary N) is 1. The summed E-state index contributed by atoms with van der Waals surface area (Å²) in [5.41, 5.74) is 1.27. The Labute approximate surface area is 80.6 Å². The van der Waals surface area contributed by atoms with Crippen LogP contribution < -0.4 is 5.32 Å². The second-order valence-electron chi connectivity index (χ2n) is 3.36. The van der Waals surface area contributed by atoms with Gasteiger partial charge in [-0.25, -0.2) is 4.39 Å². The van der Waals surface area contributed by atoms with Gasteiger partial charge in [0.1, 0.15) is 5.82 Å². The lowest BCUT2D eigenvalue weighted by molar-refractivity contribution is -0.117. The lowest BCUT2D eigenvalue weighted by atomic mass is 9.91. The molecule has 0 radical (unpaired) electrons. The highest BCUT2D eigenvalue weighted by Crippen LogP contribution is 2.31. The maximum atomic E-state index is 12.8. The lowest BCUT2D eigenvalue weighted by Gasteiger charge is -2.23. The Morgan fingerprint density at radius 3 is 3.07 bits per heavy atom. The number of anilines is 1. The molecule has 1 aromatic rings. The highest BCUT2D eigenvalue weighted by atomic mass is 19.1. The molecule has 4 heteroatoms. The van der Waals surface area contributed by atoms with Crippen molar-refractivity contribution in [3.8, 4) is 0 Å². The summed E-state index contributed by atoms with van der Waals surface area (Å²) < 4.78 is 12.8. The molecule has 1 aliphatic rings. The number of fused-ring (bicyclic) bond motifs is 1. The molecule has 0 saturated heterocycles. The van der Waals surface area contributed by atoms with Crippen LogP contribution in [0.5, 0.6) is 0 Å². The Morgan fingerprint density at radius 2 is 2.36 bits per heavy atom. The van der Waals surface area contributed by atoms with E-state index in [-0.39, 0.29) is 30.7 Å². The largest absolute Gasteiger partial charge is 0.396 e. The van der Waals surface area contributed by atoms with Crippen LogP contribution in [-0.4, -0.2) is 17.6 Å².